The lowest BCUT2D eigenvalue weighted by molar-refractivity contribution is -0.184. The fourth-order valence-corrected chi connectivity index (χ4v) is 5.17. The summed E-state index contributed by atoms with van der Waals surface area (Å²) in [4.78, 5) is 2.85. The van der Waals surface area contributed by atoms with E-state index in [9.17, 15) is 0 Å². The van der Waals surface area contributed by atoms with Crippen LogP contribution in [0, 0.1) is 11.8 Å². The Bertz CT molecular complexity index is 346. The van der Waals surface area contributed by atoms with E-state index in [1.807, 2.05) is 0 Å². The maximum Gasteiger partial charge on any atom is 0.168 e. The van der Waals surface area contributed by atoms with Crippen LogP contribution in [-0.2, 0) is 9.47 Å². The lowest BCUT2D eigenvalue weighted by atomic mass is 9.88. The molecule has 4 fully saturated rings. The minimum Gasteiger partial charge on any atom is -0.348 e. The quantitative estimate of drug-likeness (QED) is 0.833. The highest BCUT2D eigenvalue weighted by Gasteiger charge is 2.48. The lowest BCUT2D eigenvalue weighted by Gasteiger charge is -2.41. The van der Waals surface area contributed by atoms with Crippen LogP contribution >= 0.6 is 0 Å². The number of likely N-dealkylation sites (tertiary alicyclic amines) is 1. The molecule has 0 aromatic heterocycles. The summed E-state index contributed by atoms with van der Waals surface area (Å²) in [6.07, 6.45) is 6.00. The fourth-order valence-electron chi connectivity index (χ4n) is 5.17. The molecule has 0 aromatic carbocycles. The van der Waals surface area contributed by atoms with E-state index in [4.69, 9.17) is 9.47 Å². The standard InChI is InChI=1S/C16H28N2O2/c1-2-15-14-10-17-9-12(14)11-18(15)13-3-5-16(6-4-13)19-7-8-20-16/h12-15,17H,2-11H2,1H3. The number of fused-ring (bicyclic) bond motifs is 1. The number of ether oxygens (including phenoxy) is 2. The SMILES string of the molecule is CCC1C2CNCC2CN1C1CCC2(CC1)OCCO2. The van der Waals surface area contributed by atoms with E-state index < -0.39 is 0 Å². The Morgan fingerprint density at radius 3 is 2.60 bits per heavy atom. The minimum absolute atomic E-state index is 0.199. The van der Waals surface area contributed by atoms with Crippen molar-refractivity contribution in [3.05, 3.63) is 0 Å². The van der Waals surface area contributed by atoms with Gasteiger partial charge in [-0.2, -0.15) is 0 Å². The summed E-state index contributed by atoms with van der Waals surface area (Å²) >= 11 is 0. The van der Waals surface area contributed by atoms with E-state index in [1.165, 1.54) is 38.9 Å². The van der Waals surface area contributed by atoms with Gasteiger partial charge in [-0.15, -0.1) is 0 Å². The Labute approximate surface area is 122 Å². The van der Waals surface area contributed by atoms with Crippen LogP contribution in [0.3, 0.4) is 0 Å². The zero-order valence-electron chi connectivity index (χ0n) is 12.6. The molecule has 1 N–H and O–H groups in total. The van der Waals surface area contributed by atoms with Crippen LogP contribution in [0.15, 0.2) is 0 Å². The van der Waals surface area contributed by atoms with Gasteiger partial charge in [0.25, 0.3) is 0 Å². The summed E-state index contributed by atoms with van der Waals surface area (Å²) in [5, 5.41) is 3.58. The van der Waals surface area contributed by atoms with Crippen molar-refractivity contribution in [3.8, 4) is 0 Å². The zero-order valence-corrected chi connectivity index (χ0v) is 12.6. The molecule has 3 aliphatic heterocycles. The Kier molecular flexibility index (Phi) is 3.53. The molecule has 0 aromatic rings. The van der Waals surface area contributed by atoms with Gasteiger partial charge in [0, 0.05) is 31.5 Å². The molecule has 0 radical (unpaired) electrons. The van der Waals surface area contributed by atoms with E-state index in [0.29, 0.717) is 0 Å². The number of rotatable bonds is 2. The summed E-state index contributed by atoms with van der Waals surface area (Å²) in [5.74, 6) is 1.60. The number of nitrogens with one attached hydrogen (secondary N) is 1. The molecule has 1 spiro atoms. The summed E-state index contributed by atoms with van der Waals surface area (Å²) in [5.41, 5.74) is 0. The number of hydrogen-bond acceptors (Lipinski definition) is 4. The largest absolute Gasteiger partial charge is 0.348 e. The van der Waals surface area contributed by atoms with Crippen molar-refractivity contribution >= 4 is 0 Å². The van der Waals surface area contributed by atoms with Gasteiger partial charge in [-0.05, 0) is 44.2 Å². The van der Waals surface area contributed by atoms with E-state index in [1.54, 1.807) is 0 Å². The normalized spacial score (nSPS) is 41.5. The second-order valence-corrected chi connectivity index (χ2v) is 7.09. The highest BCUT2D eigenvalue weighted by atomic mass is 16.7. The molecule has 3 heterocycles. The van der Waals surface area contributed by atoms with Crippen LogP contribution in [0.4, 0.5) is 0 Å². The van der Waals surface area contributed by atoms with Crippen LogP contribution < -0.4 is 5.32 Å². The van der Waals surface area contributed by atoms with Crippen molar-refractivity contribution in [3.63, 3.8) is 0 Å². The van der Waals surface area contributed by atoms with Gasteiger partial charge >= 0.3 is 0 Å². The topological polar surface area (TPSA) is 33.7 Å². The molecule has 114 valence electrons. The Morgan fingerprint density at radius 1 is 1.15 bits per heavy atom. The molecular formula is C16H28N2O2. The summed E-state index contributed by atoms with van der Waals surface area (Å²) in [6.45, 7) is 7.74. The van der Waals surface area contributed by atoms with Gasteiger partial charge in [-0.1, -0.05) is 6.92 Å². The van der Waals surface area contributed by atoms with E-state index in [-0.39, 0.29) is 5.79 Å². The summed E-state index contributed by atoms with van der Waals surface area (Å²) in [6, 6.07) is 1.57. The molecular weight excluding hydrogens is 252 g/mol. The molecule has 4 aliphatic rings. The molecule has 4 heteroatoms. The maximum absolute atomic E-state index is 5.87. The van der Waals surface area contributed by atoms with Gasteiger partial charge in [-0.25, -0.2) is 0 Å². The van der Waals surface area contributed by atoms with Gasteiger partial charge in [0.05, 0.1) is 13.2 Å². The Balaban J connectivity index is 1.41. The van der Waals surface area contributed by atoms with Crippen LogP contribution in [0.2, 0.25) is 0 Å². The predicted octanol–water partition coefficient (Wildman–Crippen LogP) is 1.60. The van der Waals surface area contributed by atoms with Crippen LogP contribution in [0.5, 0.6) is 0 Å². The van der Waals surface area contributed by atoms with E-state index in [2.05, 4.69) is 17.1 Å². The Morgan fingerprint density at radius 2 is 1.90 bits per heavy atom. The summed E-state index contributed by atoms with van der Waals surface area (Å²) in [7, 11) is 0. The lowest BCUT2D eigenvalue weighted by Crippen LogP contribution is -2.47. The Hall–Kier alpha value is -0.160. The summed E-state index contributed by atoms with van der Waals surface area (Å²) < 4.78 is 11.7. The third-order valence-corrected chi connectivity index (χ3v) is 6.18. The highest BCUT2D eigenvalue weighted by molar-refractivity contribution is 5.01. The average Bonchev–Trinajstić information content (AvgIpc) is 3.15. The third kappa shape index (κ3) is 2.12. The molecule has 4 rings (SSSR count). The minimum atomic E-state index is -0.199. The van der Waals surface area contributed by atoms with Crippen LogP contribution in [-0.4, -0.2) is 55.6 Å². The first kappa shape index (κ1) is 13.5. The molecule has 4 nitrogen and oxygen atoms in total. The van der Waals surface area contributed by atoms with Crippen molar-refractivity contribution in [2.45, 2.75) is 56.9 Å². The van der Waals surface area contributed by atoms with Crippen molar-refractivity contribution in [2.75, 3.05) is 32.8 Å². The molecule has 1 saturated carbocycles. The second kappa shape index (κ2) is 5.24. The van der Waals surface area contributed by atoms with Gasteiger partial charge in [0.2, 0.25) is 0 Å². The third-order valence-electron chi connectivity index (χ3n) is 6.18. The molecule has 0 bridgehead atoms. The molecule has 3 atom stereocenters. The highest BCUT2D eigenvalue weighted by Crippen LogP contribution is 2.42. The second-order valence-electron chi connectivity index (χ2n) is 7.09. The number of hydrogen-bond donors (Lipinski definition) is 1. The van der Waals surface area contributed by atoms with Crippen molar-refractivity contribution < 1.29 is 9.47 Å². The molecule has 3 saturated heterocycles. The van der Waals surface area contributed by atoms with Crippen molar-refractivity contribution in [2.24, 2.45) is 11.8 Å². The molecule has 0 amide bonds. The van der Waals surface area contributed by atoms with Gasteiger partial charge in [-0.3, -0.25) is 4.90 Å². The molecule has 20 heavy (non-hydrogen) atoms. The van der Waals surface area contributed by atoms with Crippen molar-refractivity contribution in [1.29, 1.82) is 0 Å². The van der Waals surface area contributed by atoms with E-state index in [0.717, 1.165) is 50.0 Å². The van der Waals surface area contributed by atoms with Crippen LogP contribution in [0.1, 0.15) is 39.0 Å². The molecule has 1 aliphatic carbocycles. The first-order valence-corrected chi connectivity index (χ1v) is 8.56. The van der Waals surface area contributed by atoms with Gasteiger partial charge in [0.1, 0.15) is 0 Å². The molecule has 3 unspecified atom stereocenters. The first-order chi connectivity index (χ1) is 9.81. The zero-order chi connectivity index (χ0) is 13.6. The van der Waals surface area contributed by atoms with E-state index >= 15 is 0 Å². The van der Waals surface area contributed by atoms with Gasteiger partial charge in [0.15, 0.2) is 5.79 Å². The maximum atomic E-state index is 5.87. The number of nitrogens with zero attached hydrogens (tertiary/aromatic N) is 1. The first-order valence-electron chi connectivity index (χ1n) is 8.56. The monoisotopic (exact) mass is 280 g/mol. The van der Waals surface area contributed by atoms with Gasteiger partial charge < -0.3 is 14.8 Å². The average molecular weight is 280 g/mol. The van der Waals surface area contributed by atoms with Crippen LogP contribution in [0.25, 0.3) is 0 Å². The van der Waals surface area contributed by atoms with Crippen molar-refractivity contribution in [1.82, 2.24) is 10.2 Å². The smallest absolute Gasteiger partial charge is 0.168 e. The fraction of sp³-hybridized carbons (Fsp3) is 1.00. The predicted molar refractivity (Wildman–Crippen MR) is 77.5 cm³/mol.